The van der Waals surface area contributed by atoms with Crippen molar-refractivity contribution in [3.05, 3.63) is 41.2 Å². The van der Waals surface area contributed by atoms with Crippen LogP contribution in [0, 0.1) is 0 Å². The molecule has 3 heterocycles. The van der Waals surface area contributed by atoms with Gasteiger partial charge in [-0.1, -0.05) is 6.07 Å². The van der Waals surface area contributed by atoms with Gasteiger partial charge >= 0.3 is 5.97 Å². The number of Topliss-reactive ketones (excluding diaryl/α,β-unsaturated/α-hetero) is 1. The number of methoxy groups -OCH3 is 1. The Hall–Kier alpha value is -2.10. The second kappa shape index (κ2) is 3.45. The number of aryl methyl sites for hydroxylation is 1. The normalized spacial score (nSPS) is 14.1. The first kappa shape index (κ1) is 10.1. The third kappa shape index (κ3) is 1.30. The van der Waals surface area contributed by atoms with Crippen molar-refractivity contribution in [1.29, 1.82) is 0 Å². The molecule has 1 aliphatic heterocycles. The molecule has 0 saturated carbocycles. The van der Waals surface area contributed by atoms with Crippen LogP contribution < -0.4 is 0 Å². The summed E-state index contributed by atoms with van der Waals surface area (Å²) in [6, 6.07) is 7.34. The Morgan fingerprint density at radius 3 is 2.94 bits per heavy atom. The molecule has 4 heteroatoms. The Kier molecular flexibility index (Phi) is 2.04. The summed E-state index contributed by atoms with van der Waals surface area (Å²) in [7, 11) is 1.34. The van der Waals surface area contributed by atoms with Crippen molar-refractivity contribution in [2.45, 2.75) is 12.8 Å². The Labute approximate surface area is 97.8 Å². The van der Waals surface area contributed by atoms with Gasteiger partial charge in [-0.25, -0.2) is 4.79 Å². The monoisotopic (exact) mass is 229 g/mol. The number of carbonyl (C=O) groups excluding carboxylic acids is 2. The number of nitrogens with zero attached hydrogens (tertiary/aromatic N) is 1. The molecule has 2 aromatic heterocycles. The van der Waals surface area contributed by atoms with E-state index in [1.54, 1.807) is 6.07 Å². The number of esters is 1. The number of aromatic nitrogens is 1. The molecule has 0 fully saturated rings. The smallest absolute Gasteiger partial charge is 0.340 e. The van der Waals surface area contributed by atoms with Gasteiger partial charge in [0.25, 0.3) is 0 Å². The van der Waals surface area contributed by atoms with Gasteiger partial charge in [0.15, 0.2) is 5.78 Å². The van der Waals surface area contributed by atoms with Crippen molar-refractivity contribution in [3.8, 4) is 0 Å². The van der Waals surface area contributed by atoms with Crippen LogP contribution in [0.5, 0.6) is 0 Å². The topological polar surface area (TPSA) is 47.8 Å². The number of carbonyl (C=O) groups is 2. The van der Waals surface area contributed by atoms with Crippen LogP contribution in [0.2, 0.25) is 0 Å². The molecular weight excluding hydrogens is 218 g/mol. The molecule has 0 saturated heterocycles. The average molecular weight is 229 g/mol. The van der Waals surface area contributed by atoms with Gasteiger partial charge in [0.1, 0.15) is 0 Å². The van der Waals surface area contributed by atoms with Gasteiger partial charge in [0.2, 0.25) is 0 Å². The van der Waals surface area contributed by atoms with Crippen LogP contribution >= 0.6 is 0 Å². The summed E-state index contributed by atoms with van der Waals surface area (Å²) in [4.78, 5) is 23.5. The third-order valence-electron chi connectivity index (χ3n) is 3.17. The quantitative estimate of drug-likeness (QED) is 0.701. The minimum Gasteiger partial charge on any atom is -0.465 e. The largest absolute Gasteiger partial charge is 0.465 e. The molecule has 0 bridgehead atoms. The van der Waals surface area contributed by atoms with Gasteiger partial charge in [0, 0.05) is 12.1 Å². The van der Waals surface area contributed by atoms with Crippen LogP contribution in [0.3, 0.4) is 0 Å². The molecule has 0 aromatic carbocycles. The summed E-state index contributed by atoms with van der Waals surface area (Å²) >= 11 is 0. The first-order chi connectivity index (χ1) is 8.22. The second-order valence-corrected chi connectivity index (χ2v) is 4.10. The lowest BCUT2D eigenvalue weighted by molar-refractivity contribution is 0.0603. The Morgan fingerprint density at radius 1 is 1.35 bits per heavy atom. The Balaban J connectivity index is 2.39. The van der Waals surface area contributed by atoms with Gasteiger partial charge in [-0.15, -0.1) is 0 Å². The first-order valence-corrected chi connectivity index (χ1v) is 5.47. The summed E-state index contributed by atoms with van der Waals surface area (Å²) in [5, 5.41) is 0. The average Bonchev–Trinajstić information content (AvgIpc) is 2.75. The fourth-order valence-corrected chi connectivity index (χ4v) is 2.37. The van der Waals surface area contributed by atoms with Gasteiger partial charge in [-0.3, -0.25) is 4.79 Å². The molecule has 0 N–H and O–H groups in total. The van der Waals surface area contributed by atoms with Gasteiger partial charge in [0.05, 0.1) is 23.9 Å². The zero-order valence-electron chi connectivity index (χ0n) is 9.40. The van der Waals surface area contributed by atoms with E-state index < -0.39 is 5.97 Å². The zero-order valence-corrected chi connectivity index (χ0v) is 9.40. The number of pyridine rings is 1. The van der Waals surface area contributed by atoms with E-state index >= 15 is 0 Å². The molecule has 3 rings (SSSR count). The summed E-state index contributed by atoms with van der Waals surface area (Å²) < 4.78 is 6.59. The van der Waals surface area contributed by atoms with E-state index in [2.05, 4.69) is 0 Å². The fourth-order valence-electron chi connectivity index (χ4n) is 2.37. The standard InChI is InChI=1S/C13H11NO3/c1-17-13(16)9-7-11-12(15)6-5-8-3-2-4-10(9)14(8)11/h2-4,7H,5-6H2,1H3. The minimum atomic E-state index is -0.402. The molecule has 0 amide bonds. The molecular formula is C13H11NO3. The van der Waals surface area contributed by atoms with Gasteiger partial charge in [-0.2, -0.15) is 0 Å². The lowest BCUT2D eigenvalue weighted by atomic mass is 10.1. The van der Waals surface area contributed by atoms with Crippen molar-refractivity contribution in [2.24, 2.45) is 0 Å². The Bertz CT molecular complexity index is 639. The van der Waals surface area contributed by atoms with Crippen LogP contribution in [0.25, 0.3) is 5.52 Å². The lowest BCUT2D eigenvalue weighted by Crippen LogP contribution is -2.14. The molecule has 0 atom stereocenters. The Morgan fingerprint density at radius 2 is 2.18 bits per heavy atom. The molecule has 17 heavy (non-hydrogen) atoms. The highest BCUT2D eigenvalue weighted by atomic mass is 16.5. The molecule has 1 aliphatic rings. The number of hydrogen-bond donors (Lipinski definition) is 0. The number of rotatable bonds is 1. The van der Waals surface area contributed by atoms with E-state index in [1.807, 2.05) is 22.6 Å². The number of ether oxygens (including phenoxy) is 1. The predicted octanol–water partition coefficient (Wildman–Crippen LogP) is 1.85. The maximum absolute atomic E-state index is 11.8. The molecule has 0 spiro atoms. The van der Waals surface area contributed by atoms with E-state index in [-0.39, 0.29) is 5.78 Å². The van der Waals surface area contributed by atoms with Crippen molar-refractivity contribution < 1.29 is 14.3 Å². The highest BCUT2D eigenvalue weighted by Gasteiger charge is 2.24. The zero-order chi connectivity index (χ0) is 12.0. The van der Waals surface area contributed by atoms with E-state index in [9.17, 15) is 9.59 Å². The fraction of sp³-hybridized carbons (Fsp3) is 0.231. The van der Waals surface area contributed by atoms with Crippen LogP contribution in [0.1, 0.15) is 33.0 Å². The summed E-state index contributed by atoms with van der Waals surface area (Å²) in [5.74, 6) is -0.325. The lowest BCUT2D eigenvalue weighted by Gasteiger charge is -2.13. The van der Waals surface area contributed by atoms with Crippen LogP contribution in [0.4, 0.5) is 0 Å². The molecule has 0 unspecified atom stereocenters. The molecule has 2 aromatic rings. The summed E-state index contributed by atoms with van der Waals surface area (Å²) in [6.07, 6.45) is 1.22. The van der Waals surface area contributed by atoms with Crippen LogP contribution in [-0.4, -0.2) is 23.3 Å². The molecule has 0 aliphatic carbocycles. The molecule has 0 radical (unpaired) electrons. The van der Waals surface area contributed by atoms with Crippen LogP contribution in [0.15, 0.2) is 24.3 Å². The van der Waals surface area contributed by atoms with Crippen molar-refractivity contribution in [1.82, 2.24) is 4.40 Å². The van der Waals surface area contributed by atoms with Crippen LogP contribution in [-0.2, 0) is 11.2 Å². The van der Waals surface area contributed by atoms with E-state index in [1.165, 1.54) is 7.11 Å². The van der Waals surface area contributed by atoms with Crippen molar-refractivity contribution in [3.63, 3.8) is 0 Å². The second-order valence-electron chi connectivity index (χ2n) is 4.10. The van der Waals surface area contributed by atoms with Crippen molar-refractivity contribution in [2.75, 3.05) is 7.11 Å². The SMILES string of the molecule is COC(=O)c1cc2n3c(cccc13)CCC2=O. The highest BCUT2D eigenvalue weighted by Crippen LogP contribution is 2.25. The van der Waals surface area contributed by atoms with E-state index in [0.717, 1.165) is 17.6 Å². The highest BCUT2D eigenvalue weighted by molar-refractivity contribution is 6.04. The third-order valence-corrected chi connectivity index (χ3v) is 3.17. The maximum Gasteiger partial charge on any atom is 0.340 e. The van der Waals surface area contributed by atoms with E-state index in [4.69, 9.17) is 4.74 Å². The summed E-state index contributed by atoms with van der Waals surface area (Å²) in [5.41, 5.74) is 2.85. The van der Waals surface area contributed by atoms with Gasteiger partial charge in [-0.05, 0) is 24.6 Å². The molecule has 86 valence electrons. The number of hydrogen-bond acceptors (Lipinski definition) is 3. The van der Waals surface area contributed by atoms with Gasteiger partial charge < -0.3 is 9.14 Å². The minimum absolute atomic E-state index is 0.0776. The maximum atomic E-state index is 11.8. The number of ketones is 1. The predicted molar refractivity (Wildman–Crippen MR) is 61.4 cm³/mol. The molecule has 4 nitrogen and oxygen atoms in total. The summed E-state index contributed by atoms with van der Waals surface area (Å²) in [6.45, 7) is 0. The first-order valence-electron chi connectivity index (χ1n) is 5.47. The van der Waals surface area contributed by atoms with E-state index in [0.29, 0.717) is 17.7 Å². The van der Waals surface area contributed by atoms with Crippen molar-refractivity contribution >= 4 is 17.3 Å².